The van der Waals surface area contributed by atoms with Crippen LogP contribution in [-0.2, 0) is 5.41 Å². The van der Waals surface area contributed by atoms with Gasteiger partial charge in [0.1, 0.15) is 0 Å². The third-order valence-electron chi connectivity index (χ3n) is 10.0. The first-order valence-electron chi connectivity index (χ1n) is 17.4. The minimum absolute atomic E-state index is 0.236. The van der Waals surface area contributed by atoms with E-state index in [0.717, 1.165) is 66.8 Å². The Balaban J connectivity index is 1.38. The molecule has 4 nitrogen and oxygen atoms in total. The van der Waals surface area contributed by atoms with Gasteiger partial charge in [0.2, 0.25) is 0 Å². The van der Waals surface area contributed by atoms with E-state index in [2.05, 4.69) is 203 Å². The van der Waals surface area contributed by atoms with Crippen molar-refractivity contribution in [3.05, 3.63) is 181 Å². The zero-order valence-electron chi connectivity index (χ0n) is 28.9. The van der Waals surface area contributed by atoms with Crippen LogP contribution >= 0.6 is 0 Å². The lowest BCUT2D eigenvalue weighted by molar-refractivity contribution is 0.592. The van der Waals surface area contributed by atoms with Gasteiger partial charge in [0.15, 0.2) is 5.69 Å². The van der Waals surface area contributed by atoms with Crippen molar-refractivity contribution in [2.75, 3.05) is 4.90 Å². The molecule has 0 amide bonds. The average Bonchev–Trinajstić information content (AvgIpc) is 3.67. The van der Waals surface area contributed by atoms with Crippen molar-refractivity contribution in [1.29, 1.82) is 0 Å². The molecule has 0 spiro atoms. The lowest BCUT2D eigenvalue weighted by atomic mass is 9.85. The Morgan fingerprint density at radius 3 is 1.37 bits per heavy atom. The van der Waals surface area contributed by atoms with Crippen LogP contribution in [0, 0.1) is 6.57 Å². The van der Waals surface area contributed by atoms with Crippen molar-refractivity contribution < 1.29 is 0 Å². The van der Waals surface area contributed by atoms with Gasteiger partial charge in [-0.2, -0.15) is 0 Å². The number of rotatable bonds is 5. The molecule has 0 radical (unpaired) electrons. The monoisotopic (exact) mass is 656 g/mol. The summed E-state index contributed by atoms with van der Waals surface area (Å²) in [4.78, 5) is 6.45. The second-order valence-electron chi connectivity index (χ2n) is 14.2. The van der Waals surface area contributed by atoms with Gasteiger partial charge in [-0.1, -0.05) is 112 Å². The molecule has 0 fully saturated rings. The van der Waals surface area contributed by atoms with Crippen LogP contribution in [-0.4, -0.2) is 9.13 Å². The summed E-state index contributed by atoms with van der Waals surface area (Å²) in [6, 6.07) is 58.2. The van der Waals surface area contributed by atoms with Gasteiger partial charge in [-0.3, -0.25) is 0 Å². The summed E-state index contributed by atoms with van der Waals surface area (Å²) in [7, 11) is 0. The van der Waals surface area contributed by atoms with Crippen molar-refractivity contribution in [1.82, 2.24) is 9.13 Å². The van der Waals surface area contributed by atoms with Crippen molar-refractivity contribution >= 4 is 66.4 Å². The quantitative estimate of drug-likeness (QED) is 0.169. The molecule has 0 saturated carbocycles. The molecule has 51 heavy (non-hydrogen) atoms. The molecule has 0 aliphatic rings. The summed E-state index contributed by atoms with van der Waals surface area (Å²) in [5.74, 6) is 0. The van der Waals surface area contributed by atoms with Crippen LogP contribution in [0.2, 0.25) is 0 Å². The molecule has 9 rings (SSSR count). The summed E-state index contributed by atoms with van der Waals surface area (Å²) in [6.07, 6.45) is 0. The highest BCUT2D eigenvalue weighted by molar-refractivity contribution is 6.12. The molecule has 0 aliphatic carbocycles. The fourth-order valence-electron chi connectivity index (χ4n) is 7.76. The van der Waals surface area contributed by atoms with E-state index >= 15 is 0 Å². The molecule has 0 bridgehead atoms. The highest BCUT2D eigenvalue weighted by atomic mass is 15.1. The fourth-order valence-corrected chi connectivity index (χ4v) is 7.76. The normalized spacial score (nSPS) is 11.8. The number of para-hydroxylation sites is 5. The first kappa shape index (κ1) is 30.5. The van der Waals surface area contributed by atoms with E-state index in [9.17, 15) is 0 Å². The molecule has 244 valence electrons. The SMILES string of the molecule is [C-]#[N+]c1cc(-n2c3ccccc3c3cc(N(c4ccccc4)c4ccccc4)ccc32)c(-n2c3ccccc3c3ccccc32)cc1C(C)(C)C. The van der Waals surface area contributed by atoms with Crippen LogP contribution in [0.3, 0.4) is 0 Å². The number of hydrogen-bond acceptors (Lipinski definition) is 1. The van der Waals surface area contributed by atoms with Crippen LogP contribution in [0.5, 0.6) is 0 Å². The van der Waals surface area contributed by atoms with Gasteiger partial charge >= 0.3 is 0 Å². The second-order valence-corrected chi connectivity index (χ2v) is 14.2. The molecule has 7 aromatic carbocycles. The maximum atomic E-state index is 8.36. The molecule has 2 heterocycles. The highest BCUT2D eigenvalue weighted by Gasteiger charge is 2.26. The first-order valence-corrected chi connectivity index (χ1v) is 17.4. The Hall–Kier alpha value is -6.57. The predicted octanol–water partition coefficient (Wildman–Crippen LogP) is 13.2. The molecule has 0 atom stereocenters. The second kappa shape index (κ2) is 11.8. The Kier molecular flexibility index (Phi) is 7.05. The van der Waals surface area contributed by atoms with Crippen molar-refractivity contribution in [2.45, 2.75) is 26.2 Å². The first-order chi connectivity index (χ1) is 24.9. The van der Waals surface area contributed by atoms with E-state index in [1.807, 2.05) is 0 Å². The van der Waals surface area contributed by atoms with Crippen LogP contribution in [0.4, 0.5) is 22.7 Å². The predicted molar refractivity (Wildman–Crippen MR) is 215 cm³/mol. The van der Waals surface area contributed by atoms with Gasteiger partial charge in [0, 0.05) is 38.6 Å². The Bertz CT molecular complexity index is 2700. The molecular weight excluding hydrogens is 621 g/mol. The van der Waals surface area contributed by atoms with Gasteiger partial charge in [0.25, 0.3) is 0 Å². The summed E-state index contributed by atoms with van der Waals surface area (Å²) < 4.78 is 4.76. The van der Waals surface area contributed by atoms with E-state index in [1.54, 1.807) is 0 Å². The molecule has 0 unspecified atom stereocenters. The third-order valence-corrected chi connectivity index (χ3v) is 10.0. The fraction of sp³-hybridized carbons (Fsp3) is 0.0851. The average molecular weight is 657 g/mol. The minimum atomic E-state index is -0.236. The summed E-state index contributed by atoms with van der Waals surface area (Å²) in [6.45, 7) is 14.9. The van der Waals surface area contributed by atoms with E-state index in [1.165, 1.54) is 10.8 Å². The number of aromatic nitrogens is 2. The maximum absolute atomic E-state index is 8.36. The largest absolute Gasteiger partial charge is 0.310 e. The molecular formula is C47H36N4. The third kappa shape index (κ3) is 4.89. The number of hydrogen-bond donors (Lipinski definition) is 0. The number of anilines is 3. The maximum Gasteiger partial charge on any atom is 0.193 e. The van der Waals surface area contributed by atoms with Gasteiger partial charge in [-0.05, 0) is 83.8 Å². The van der Waals surface area contributed by atoms with Crippen LogP contribution in [0.25, 0.3) is 59.8 Å². The lowest BCUT2D eigenvalue weighted by Gasteiger charge is -2.26. The Morgan fingerprint density at radius 1 is 0.451 bits per heavy atom. The number of benzene rings is 7. The zero-order chi connectivity index (χ0) is 34.7. The van der Waals surface area contributed by atoms with Gasteiger partial charge in [-0.25, -0.2) is 4.85 Å². The number of fused-ring (bicyclic) bond motifs is 6. The molecule has 9 aromatic rings. The van der Waals surface area contributed by atoms with E-state index in [0.29, 0.717) is 5.69 Å². The van der Waals surface area contributed by atoms with E-state index in [-0.39, 0.29) is 5.41 Å². The lowest BCUT2D eigenvalue weighted by Crippen LogP contribution is -2.14. The Labute approximate surface area is 297 Å². The topological polar surface area (TPSA) is 17.5 Å². The zero-order valence-corrected chi connectivity index (χ0v) is 28.9. The summed E-state index contributed by atoms with van der Waals surface area (Å²) >= 11 is 0. The van der Waals surface area contributed by atoms with Gasteiger partial charge in [0.05, 0.1) is 40.0 Å². The molecule has 4 heteroatoms. The van der Waals surface area contributed by atoms with E-state index in [4.69, 9.17) is 6.57 Å². The minimum Gasteiger partial charge on any atom is -0.310 e. The van der Waals surface area contributed by atoms with Crippen LogP contribution in [0.1, 0.15) is 26.3 Å². The van der Waals surface area contributed by atoms with Crippen molar-refractivity contribution in [2.24, 2.45) is 0 Å². The molecule has 0 N–H and O–H groups in total. The van der Waals surface area contributed by atoms with Gasteiger partial charge < -0.3 is 14.0 Å². The smallest absolute Gasteiger partial charge is 0.193 e. The number of nitrogens with zero attached hydrogens (tertiary/aromatic N) is 4. The van der Waals surface area contributed by atoms with Gasteiger partial charge in [-0.15, -0.1) is 0 Å². The summed E-state index contributed by atoms with van der Waals surface area (Å²) in [5.41, 5.74) is 11.2. The van der Waals surface area contributed by atoms with Crippen LogP contribution < -0.4 is 4.90 Å². The molecule has 0 saturated heterocycles. The van der Waals surface area contributed by atoms with Crippen molar-refractivity contribution in [3.63, 3.8) is 0 Å². The van der Waals surface area contributed by atoms with Crippen LogP contribution in [0.15, 0.2) is 164 Å². The molecule has 2 aromatic heterocycles. The van der Waals surface area contributed by atoms with E-state index < -0.39 is 0 Å². The molecule has 0 aliphatic heterocycles. The highest BCUT2D eigenvalue weighted by Crippen LogP contribution is 2.44. The van der Waals surface area contributed by atoms with Crippen molar-refractivity contribution in [3.8, 4) is 11.4 Å². The Morgan fingerprint density at radius 2 is 0.882 bits per heavy atom. The standard InChI is InChI=1S/C47H36N4/c1-47(2,3)39-30-45(50-41-24-14-11-21-35(41)36-22-12-15-25-42(36)50)46(31-40(39)48-4)51-43-26-16-13-23-37(43)38-29-34(27-28-44(38)51)49(32-17-7-5-8-18-32)33-19-9-6-10-20-33/h5-31H,1-3H3. The summed E-state index contributed by atoms with van der Waals surface area (Å²) in [5, 5.41) is 4.73.